The summed E-state index contributed by atoms with van der Waals surface area (Å²) in [5, 5.41) is 0. The van der Waals surface area contributed by atoms with E-state index >= 15 is 0 Å². The molecule has 326 valence electrons. The van der Waals surface area contributed by atoms with E-state index < -0.39 is 6.10 Å². The third-order valence-corrected chi connectivity index (χ3v) is 11.3. The maximum Gasteiger partial charge on any atom is 0.306 e. The standard InChI is InChI=1S/C49H94O6/c1-7-45(6)37-31-25-18-15-16-19-26-32-38-47(50)53-41-46(42-54-48(51)39-33-27-22-21-24-30-36-44(4)5)55-49(52)40-34-28-20-14-12-10-8-9-11-13-17-23-29-35-43(2)3/h43-46H,7-42H2,1-6H3/t45?,46-/m0/s1. The molecule has 0 heterocycles. The molecule has 0 rings (SSSR count). The highest BCUT2D eigenvalue weighted by Crippen LogP contribution is 2.17. The van der Waals surface area contributed by atoms with Crippen LogP contribution in [-0.2, 0) is 28.6 Å². The van der Waals surface area contributed by atoms with Crippen molar-refractivity contribution < 1.29 is 28.6 Å². The van der Waals surface area contributed by atoms with Crippen LogP contribution in [0, 0.1) is 17.8 Å². The van der Waals surface area contributed by atoms with E-state index in [1.165, 1.54) is 141 Å². The fourth-order valence-corrected chi connectivity index (χ4v) is 7.20. The monoisotopic (exact) mass is 779 g/mol. The van der Waals surface area contributed by atoms with Crippen LogP contribution in [0.15, 0.2) is 0 Å². The molecule has 0 amide bonds. The third kappa shape index (κ3) is 41.9. The summed E-state index contributed by atoms with van der Waals surface area (Å²) in [5.74, 6) is 1.59. The van der Waals surface area contributed by atoms with Gasteiger partial charge < -0.3 is 14.2 Å². The van der Waals surface area contributed by atoms with Gasteiger partial charge in [-0.1, -0.05) is 221 Å². The van der Waals surface area contributed by atoms with Crippen LogP contribution >= 0.6 is 0 Å². The van der Waals surface area contributed by atoms with Crippen LogP contribution in [0.4, 0.5) is 0 Å². The Balaban J connectivity index is 4.31. The summed E-state index contributed by atoms with van der Waals surface area (Å²) in [5.41, 5.74) is 0. The maximum absolute atomic E-state index is 12.7. The first-order valence-electron chi connectivity index (χ1n) is 24.1. The number of ether oxygens (including phenoxy) is 3. The van der Waals surface area contributed by atoms with E-state index in [-0.39, 0.29) is 31.1 Å². The Kier molecular flexibility index (Phi) is 39.4. The lowest BCUT2D eigenvalue weighted by Crippen LogP contribution is -2.30. The number of esters is 3. The van der Waals surface area contributed by atoms with Crippen molar-refractivity contribution in [1.82, 2.24) is 0 Å². The normalized spacial score (nSPS) is 12.7. The Hall–Kier alpha value is -1.59. The van der Waals surface area contributed by atoms with E-state index in [1.807, 2.05) is 0 Å². The minimum atomic E-state index is -0.762. The second-order valence-corrected chi connectivity index (χ2v) is 17.9. The van der Waals surface area contributed by atoms with E-state index in [4.69, 9.17) is 14.2 Å². The van der Waals surface area contributed by atoms with Gasteiger partial charge in [0.1, 0.15) is 13.2 Å². The first-order valence-corrected chi connectivity index (χ1v) is 24.1. The zero-order chi connectivity index (χ0) is 40.6. The van der Waals surface area contributed by atoms with Gasteiger partial charge in [-0.05, 0) is 37.0 Å². The summed E-state index contributed by atoms with van der Waals surface area (Å²) in [6.07, 6.45) is 38.1. The molecule has 0 bridgehead atoms. The summed E-state index contributed by atoms with van der Waals surface area (Å²) in [6, 6.07) is 0. The third-order valence-electron chi connectivity index (χ3n) is 11.3. The molecule has 6 heteroatoms. The molecular formula is C49H94O6. The molecule has 0 aromatic heterocycles. The van der Waals surface area contributed by atoms with Crippen molar-refractivity contribution in [2.24, 2.45) is 17.8 Å². The SMILES string of the molecule is CCC(C)CCCCCCCCCCC(=O)OC[C@@H](COC(=O)CCCCCCCCC(C)C)OC(=O)CCCCCCCCCCCCCCCC(C)C. The molecule has 0 aromatic rings. The van der Waals surface area contributed by atoms with Gasteiger partial charge in [0, 0.05) is 19.3 Å². The van der Waals surface area contributed by atoms with Gasteiger partial charge >= 0.3 is 17.9 Å². The van der Waals surface area contributed by atoms with Crippen molar-refractivity contribution in [2.45, 2.75) is 266 Å². The van der Waals surface area contributed by atoms with Gasteiger partial charge in [0.25, 0.3) is 0 Å². The topological polar surface area (TPSA) is 78.9 Å². The van der Waals surface area contributed by atoms with Gasteiger partial charge in [-0.2, -0.15) is 0 Å². The largest absolute Gasteiger partial charge is 0.462 e. The molecule has 0 aliphatic carbocycles. The van der Waals surface area contributed by atoms with E-state index in [0.717, 1.165) is 75.5 Å². The molecule has 0 N–H and O–H groups in total. The molecule has 0 saturated carbocycles. The fourth-order valence-electron chi connectivity index (χ4n) is 7.20. The van der Waals surface area contributed by atoms with Crippen molar-refractivity contribution in [3.63, 3.8) is 0 Å². The molecular weight excluding hydrogens is 685 g/mol. The Morgan fingerprint density at radius 2 is 0.636 bits per heavy atom. The predicted molar refractivity (Wildman–Crippen MR) is 233 cm³/mol. The van der Waals surface area contributed by atoms with Gasteiger partial charge in [0.2, 0.25) is 0 Å². The van der Waals surface area contributed by atoms with E-state index in [0.29, 0.717) is 19.3 Å². The van der Waals surface area contributed by atoms with Crippen LogP contribution in [-0.4, -0.2) is 37.2 Å². The molecule has 55 heavy (non-hydrogen) atoms. The molecule has 2 atom stereocenters. The van der Waals surface area contributed by atoms with Crippen LogP contribution in [0.1, 0.15) is 260 Å². The van der Waals surface area contributed by atoms with Crippen molar-refractivity contribution >= 4 is 17.9 Å². The highest BCUT2D eigenvalue weighted by atomic mass is 16.6. The summed E-state index contributed by atoms with van der Waals surface area (Å²) in [4.78, 5) is 37.8. The van der Waals surface area contributed by atoms with Gasteiger partial charge in [-0.15, -0.1) is 0 Å². The van der Waals surface area contributed by atoms with Crippen molar-refractivity contribution in [3.8, 4) is 0 Å². The van der Waals surface area contributed by atoms with Gasteiger partial charge in [-0.25, -0.2) is 0 Å². The summed E-state index contributed by atoms with van der Waals surface area (Å²) in [7, 11) is 0. The summed E-state index contributed by atoms with van der Waals surface area (Å²) >= 11 is 0. The summed E-state index contributed by atoms with van der Waals surface area (Å²) < 4.78 is 16.7. The molecule has 0 fully saturated rings. The zero-order valence-electron chi connectivity index (χ0n) is 37.7. The quantitative estimate of drug-likeness (QED) is 0.0349. The number of carbonyl (C=O) groups is 3. The second kappa shape index (κ2) is 40.6. The van der Waals surface area contributed by atoms with Crippen LogP contribution in [0.5, 0.6) is 0 Å². The predicted octanol–water partition coefficient (Wildman–Crippen LogP) is 15.2. The van der Waals surface area contributed by atoms with E-state index in [2.05, 4.69) is 41.5 Å². The lowest BCUT2D eigenvalue weighted by atomic mass is 9.99. The molecule has 0 spiro atoms. The first-order chi connectivity index (χ1) is 26.6. The Labute approximate surface area is 342 Å². The van der Waals surface area contributed by atoms with E-state index in [1.54, 1.807) is 0 Å². The number of unbranched alkanes of at least 4 members (excludes halogenated alkanes) is 24. The van der Waals surface area contributed by atoms with Crippen LogP contribution < -0.4 is 0 Å². The molecule has 1 unspecified atom stereocenters. The highest BCUT2D eigenvalue weighted by molar-refractivity contribution is 5.71. The Morgan fingerprint density at radius 3 is 0.945 bits per heavy atom. The van der Waals surface area contributed by atoms with Crippen molar-refractivity contribution in [1.29, 1.82) is 0 Å². The second-order valence-electron chi connectivity index (χ2n) is 17.9. The molecule has 0 aliphatic rings. The lowest BCUT2D eigenvalue weighted by Gasteiger charge is -2.18. The van der Waals surface area contributed by atoms with Gasteiger partial charge in [0.15, 0.2) is 6.10 Å². The highest BCUT2D eigenvalue weighted by Gasteiger charge is 2.19. The molecule has 0 aliphatic heterocycles. The minimum absolute atomic E-state index is 0.0665. The van der Waals surface area contributed by atoms with Crippen LogP contribution in [0.3, 0.4) is 0 Å². The first kappa shape index (κ1) is 53.4. The average Bonchev–Trinajstić information content (AvgIpc) is 3.15. The van der Waals surface area contributed by atoms with Gasteiger partial charge in [0.05, 0.1) is 0 Å². The van der Waals surface area contributed by atoms with Crippen molar-refractivity contribution in [3.05, 3.63) is 0 Å². The average molecular weight is 779 g/mol. The molecule has 0 radical (unpaired) electrons. The maximum atomic E-state index is 12.7. The van der Waals surface area contributed by atoms with Crippen LogP contribution in [0.25, 0.3) is 0 Å². The smallest absolute Gasteiger partial charge is 0.306 e. The Bertz CT molecular complexity index is 854. The van der Waals surface area contributed by atoms with E-state index in [9.17, 15) is 14.4 Å². The molecule has 0 aromatic carbocycles. The number of hydrogen-bond donors (Lipinski definition) is 0. The number of rotatable bonds is 42. The minimum Gasteiger partial charge on any atom is -0.462 e. The summed E-state index contributed by atoms with van der Waals surface area (Å²) in [6.45, 7) is 13.6. The molecule has 6 nitrogen and oxygen atoms in total. The lowest BCUT2D eigenvalue weighted by molar-refractivity contribution is -0.167. The molecule has 0 saturated heterocycles. The van der Waals surface area contributed by atoms with Crippen molar-refractivity contribution in [2.75, 3.05) is 13.2 Å². The van der Waals surface area contributed by atoms with Gasteiger partial charge in [-0.3, -0.25) is 14.4 Å². The zero-order valence-corrected chi connectivity index (χ0v) is 37.7. The Morgan fingerprint density at radius 1 is 0.364 bits per heavy atom. The van der Waals surface area contributed by atoms with Crippen LogP contribution in [0.2, 0.25) is 0 Å². The fraction of sp³-hybridized carbons (Fsp3) is 0.939. The number of hydrogen-bond acceptors (Lipinski definition) is 6. The number of carbonyl (C=O) groups excluding carboxylic acids is 3.